The van der Waals surface area contributed by atoms with Crippen LogP contribution in [0.15, 0.2) is 35.2 Å². The molecule has 2 aromatic heterocycles. The van der Waals surface area contributed by atoms with Gasteiger partial charge in [-0.05, 0) is 18.2 Å². The maximum atomic E-state index is 11.3. The van der Waals surface area contributed by atoms with Crippen LogP contribution in [-0.2, 0) is 4.79 Å². The van der Waals surface area contributed by atoms with Gasteiger partial charge in [0.2, 0.25) is 5.95 Å². The maximum Gasteiger partial charge on any atom is 0.250 e. The van der Waals surface area contributed by atoms with E-state index in [4.69, 9.17) is 4.42 Å². The van der Waals surface area contributed by atoms with Gasteiger partial charge in [-0.3, -0.25) is 10.1 Å². The summed E-state index contributed by atoms with van der Waals surface area (Å²) in [4.78, 5) is 15.0. The Morgan fingerprint density at radius 1 is 1.60 bits per heavy atom. The Kier molecular flexibility index (Phi) is 2.59. The van der Waals surface area contributed by atoms with Crippen molar-refractivity contribution in [2.45, 2.75) is 0 Å². The van der Waals surface area contributed by atoms with Crippen LogP contribution in [0, 0.1) is 0 Å². The second kappa shape index (κ2) is 4.23. The lowest BCUT2D eigenvalue weighted by molar-refractivity contribution is -0.111. The molecule has 2 heterocycles. The summed E-state index contributed by atoms with van der Waals surface area (Å²) < 4.78 is 5.02. The number of hydrogen-bond donors (Lipinski definition) is 2. The average Bonchev–Trinajstić information content (AvgIpc) is 2.86. The number of H-pyrrole nitrogens is 1. The van der Waals surface area contributed by atoms with Gasteiger partial charge in [-0.15, -0.1) is 0 Å². The third-order valence-electron chi connectivity index (χ3n) is 1.60. The fraction of sp³-hybridized carbons (Fsp3) is 0. The molecule has 1 amide bonds. The Bertz CT molecular complexity index is 444. The van der Waals surface area contributed by atoms with Gasteiger partial charge in [0.05, 0.1) is 6.26 Å². The van der Waals surface area contributed by atoms with Crippen molar-refractivity contribution in [3.8, 4) is 0 Å². The molecule has 0 aliphatic carbocycles. The van der Waals surface area contributed by atoms with E-state index in [0.29, 0.717) is 11.7 Å². The zero-order chi connectivity index (χ0) is 10.5. The summed E-state index contributed by atoms with van der Waals surface area (Å²) in [5.41, 5.74) is 0. The van der Waals surface area contributed by atoms with Crippen LogP contribution in [0.1, 0.15) is 5.76 Å². The van der Waals surface area contributed by atoms with E-state index in [0.717, 1.165) is 0 Å². The fourth-order valence-corrected chi connectivity index (χ4v) is 0.968. The summed E-state index contributed by atoms with van der Waals surface area (Å²) in [5.74, 6) is 0.620. The summed E-state index contributed by atoms with van der Waals surface area (Å²) in [6, 6.07) is 3.49. The highest BCUT2D eigenvalue weighted by Crippen LogP contribution is 2.02. The highest BCUT2D eigenvalue weighted by atomic mass is 16.3. The van der Waals surface area contributed by atoms with Crippen LogP contribution in [0.5, 0.6) is 0 Å². The van der Waals surface area contributed by atoms with Gasteiger partial charge in [-0.25, -0.2) is 5.10 Å². The van der Waals surface area contributed by atoms with E-state index < -0.39 is 0 Å². The molecule has 0 unspecified atom stereocenters. The topological polar surface area (TPSA) is 83.8 Å². The van der Waals surface area contributed by atoms with E-state index in [1.165, 1.54) is 18.7 Å². The summed E-state index contributed by atoms with van der Waals surface area (Å²) in [5, 5.41) is 8.59. The number of amides is 1. The van der Waals surface area contributed by atoms with E-state index in [2.05, 4.69) is 20.5 Å². The van der Waals surface area contributed by atoms with Gasteiger partial charge in [0.1, 0.15) is 12.1 Å². The van der Waals surface area contributed by atoms with Crippen molar-refractivity contribution in [2.24, 2.45) is 0 Å². The zero-order valence-corrected chi connectivity index (χ0v) is 7.68. The fourth-order valence-electron chi connectivity index (χ4n) is 0.968. The number of anilines is 1. The number of rotatable bonds is 3. The molecule has 0 aliphatic heterocycles. The average molecular weight is 204 g/mol. The summed E-state index contributed by atoms with van der Waals surface area (Å²) >= 11 is 0. The second-order valence-corrected chi connectivity index (χ2v) is 2.67. The predicted molar refractivity (Wildman–Crippen MR) is 52.8 cm³/mol. The number of nitrogens with zero attached hydrogens (tertiary/aromatic N) is 2. The van der Waals surface area contributed by atoms with Crippen LogP contribution < -0.4 is 5.32 Å². The normalized spacial score (nSPS) is 10.7. The number of carbonyl (C=O) groups excluding carboxylic acids is 1. The first-order chi connectivity index (χ1) is 7.34. The molecule has 2 N–H and O–H groups in total. The van der Waals surface area contributed by atoms with Crippen molar-refractivity contribution < 1.29 is 9.21 Å². The SMILES string of the molecule is O=C(/C=C/c1ccco1)Nc1ncn[nH]1. The molecule has 0 saturated carbocycles. The molecular formula is C9H8N4O2. The van der Waals surface area contributed by atoms with Gasteiger partial charge in [-0.1, -0.05) is 0 Å². The van der Waals surface area contributed by atoms with E-state index in [9.17, 15) is 4.79 Å². The number of hydrogen-bond acceptors (Lipinski definition) is 4. The molecule has 2 aromatic rings. The van der Waals surface area contributed by atoms with Gasteiger partial charge >= 0.3 is 0 Å². The van der Waals surface area contributed by atoms with Crippen molar-refractivity contribution >= 4 is 17.9 Å². The second-order valence-electron chi connectivity index (χ2n) is 2.67. The first-order valence-corrected chi connectivity index (χ1v) is 4.22. The molecule has 6 nitrogen and oxygen atoms in total. The first kappa shape index (κ1) is 9.20. The van der Waals surface area contributed by atoms with Crippen LogP contribution >= 0.6 is 0 Å². The van der Waals surface area contributed by atoms with Crippen molar-refractivity contribution in [1.29, 1.82) is 0 Å². The Hall–Kier alpha value is -2.37. The lowest BCUT2D eigenvalue weighted by Gasteiger charge is -1.93. The summed E-state index contributed by atoms with van der Waals surface area (Å²) in [6.07, 6.45) is 5.76. The van der Waals surface area contributed by atoms with Gasteiger partial charge in [-0.2, -0.15) is 10.1 Å². The van der Waals surface area contributed by atoms with Crippen molar-refractivity contribution in [3.63, 3.8) is 0 Å². The number of carbonyl (C=O) groups is 1. The Morgan fingerprint density at radius 3 is 3.20 bits per heavy atom. The highest BCUT2D eigenvalue weighted by Gasteiger charge is 1.99. The highest BCUT2D eigenvalue weighted by molar-refractivity contribution is 6.00. The molecule has 0 radical (unpaired) electrons. The Morgan fingerprint density at radius 2 is 2.53 bits per heavy atom. The minimum absolute atomic E-state index is 0.303. The number of nitrogens with one attached hydrogen (secondary N) is 2. The number of aromatic nitrogens is 3. The Balaban J connectivity index is 1.93. The zero-order valence-electron chi connectivity index (χ0n) is 7.68. The van der Waals surface area contributed by atoms with Crippen molar-refractivity contribution in [2.75, 3.05) is 5.32 Å². The molecule has 0 aliphatic rings. The van der Waals surface area contributed by atoms with E-state index in [-0.39, 0.29) is 5.91 Å². The van der Waals surface area contributed by atoms with Crippen LogP contribution in [-0.4, -0.2) is 21.1 Å². The molecule has 76 valence electrons. The third-order valence-corrected chi connectivity index (χ3v) is 1.60. The number of furan rings is 1. The molecule has 2 rings (SSSR count). The first-order valence-electron chi connectivity index (χ1n) is 4.22. The Labute approximate surface area is 85.0 Å². The lowest BCUT2D eigenvalue weighted by Crippen LogP contribution is -2.08. The molecule has 0 spiro atoms. The van der Waals surface area contributed by atoms with Crippen LogP contribution in [0.25, 0.3) is 6.08 Å². The van der Waals surface area contributed by atoms with Crippen LogP contribution in [0.3, 0.4) is 0 Å². The van der Waals surface area contributed by atoms with Crippen molar-refractivity contribution in [1.82, 2.24) is 15.2 Å². The van der Waals surface area contributed by atoms with E-state index in [1.54, 1.807) is 18.2 Å². The van der Waals surface area contributed by atoms with Crippen LogP contribution in [0.4, 0.5) is 5.95 Å². The molecule has 0 fully saturated rings. The maximum absolute atomic E-state index is 11.3. The molecule has 6 heteroatoms. The molecule has 15 heavy (non-hydrogen) atoms. The van der Waals surface area contributed by atoms with E-state index in [1.807, 2.05) is 0 Å². The molecule has 0 atom stereocenters. The quantitative estimate of drug-likeness (QED) is 0.732. The van der Waals surface area contributed by atoms with Gasteiger partial charge in [0.15, 0.2) is 0 Å². The summed E-state index contributed by atoms with van der Waals surface area (Å²) in [6.45, 7) is 0. The standard InChI is InChI=1S/C9H8N4O2/c14-8(12-9-10-6-11-13-9)4-3-7-2-1-5-15-7/h1-6H,(H2,10,11,12,13,14)/b4-3+. The lowest BCUT2D eigenvalue weighted by atomic mass is 10.4. The van der Waals surface area contributed by atoms with Gasteiger partial charge in [0.25, 0.3) is 5.91 Å². The van der Waals surface area contributed by atoms with Gasteiger partial charge < -0.3 is 4.42 Å². The monoisotopic (exact) mass is 204 g/mol. The van der Waals surface area contributed by atoms with Crippen LogP contribution in [0.2, 0.25) is 0 Å². The number of aromatic amines is 1. The minimum Gasteiger partial charge on any atom is -0.465 e. The molecule has 0 aromatic carbocycles. The molecular weight excluding hydrogens is 196 g/mol. The van der Waals surface area contributed by atoms with E-state index >= 15 is 0 Å². The molecule has 0 bridgehead atoms. The molecule has 0 saturated heterocycles. The third kappa shape index (κ3) is 2.53. The summed E-state index contributed by atoms with van der Waals surface area (Å²) in [7, 11) is 0. The minimum atomic E-state index is -0.303. The van der Waals surface area contributed by atoms with Gasteiger partial charge in [0, 0.05) is 6.08 Å². The predicted octanol–water partition coefficient (Wildman–Crippen LogP) is 1.05. The largest absolute Gasteiger partial charge is 0.465 e. The van der Waals surface area contributed by atoms with Crippen molar-refractivity contribution in [3.05, 3.63) is 36.6 Å². The smallest absolute Gasteiger partial charge is 0.250 e.